The SMILES string of the molecule is N#Cc1cc(-c2cc(F)cc(Cl)c2)ccc1O. The van der Waals surface area contributed by atoms with Gasteiger partial charge in [-0.05, 0) is 41.5 Å². The van der Waals surface area contributed by atoms with E-state index in [2.05, 4.69) is 0 Å². The van der Waals surface area contributed by atoms with Gasteiger partial charge in [-0.25, -0.2) is 4.39 Å². The number of phenolic OH excluding ortho intramolecular Hbond substituents is 1. The Morgan fingerprint density at radius 3 is 2.53 bits per heavy atom. The highest BCUT2D eigenvalue weighted by atomic mass is 35.5. The van der Waals surface area contributed by atoms with Gasteiger partial charge in [0.1, 0.15) is 17.6 Å². The number of nitrogens with zero attached hydrogens (tertiary/aromatic N) is 1. The molecule has 2 nitrogen and oxygen atoms in total. The van der Waals surface area contributed by atoms with Crippen molar-refractivity contribution in [2.75, 3.05) is 0 Å². The van der Waals surface area contributed by atoms with Gasteiger partial charge >= 0.3 is 0 Å². The van der Waals surface area contributed by atoms with Crippen LogP contribution >= 0.6 is 11.6 Å². The molecule has 84 valence electrons. The maximum atomic E-state index is 13.2. The van der Waals surface area contributed by atoms with Gasteiger partial charge in [0.05, 0.1) is 5.56 Å². The molecule has 2 rings (SSSR count). The number of nitriles is 1. The van der Waals surface area contributed by atoms with Gasteiger partial charge in [-0.2, -0.15) is 5.26 Å². The molecule has 2 aromatic carbocycles. The van der Waals surface area contributed by atoms with Gasteiger partial charge in [-0.1, -0.05) is 17.7 Å². The quantitative estimate of drug-likeness (QED) is 0.835. The molecule has 0 aliphatic rings. The number of halogens is 2. The van der Waals surface area contributed by atoms with Crippen LogP contribution in [0.4, 0.5) is 4.39 Å². The summed E-state index contributed by atoms with van der Waals surface area (Å²) >= 11 is 5.75. The first kappa shape index (κ1) is 11.4. The zero-order valence-corrected chi connectivity index (χ0v) is 9.37. The molecule has 0 amide bonds. The summed E-state index contributed by atoms with van der Waals surface area (Å²) in [4.78, 5) is 0. The van der Waals surface area contributed by atoms with E-state index >= 15 is 0 Å². The normalized spacial score (nSPS) is 9.94. The maximum Gasteiger partial charge on any atom is 0.133 e. The summed E-state index contributed by atoms with van der Waals surface area (Å²) in [5, 5.41) is 18.4. The highest BCUT2D eigenvalue weighted by Gasteiger charge is 2.06. The molecule has 0 aliphatic carbocycles. The highest BCUT2D eigenvalue weighted by Crippen LogP contribution is 2.28. The van der Waals surface area contributed by atoms with Gasteiger partial charge in [-0.3, -0.25) is 0 Å². The van der Waals surface area contributed by atoms with E-state index in [1.807, 2.05) is 6.07 Å². The highest BCUT2D eigenvalue weighted by molar-refractivity contribution is 6.30. The second-order valence-electron chi connectivity index (χ2n) is 3.50. The third-order valence-corrected chi connectivity index (χ3v) is 2.53. The smallest absolute Gasteiger partial charge is 0.133 e. The summed E-state index contributed by atoms with van der Waals surface area (Å²) in [5.74, 6) is -0.544. The van der Waals surface area contributed by atoms with Crippen LogP contribution < -0.4 is 0 Å². The average molecular weight is 248 g/mol. The summed E-state index contributed by atoms with van der Waals surface area (Å²) in [6, 6.07) is 10.5. The molecule has 2 aromatic rings. The van der Waals surface area contributed by atoms with Gasteiger partial charge in [0.25, 0.3) is 0 Å². The van der Waals surface area contributed by atoms with E-state index in [9.17, 15) is 9.50 Å². The van der Waals surface area contributed by atoms with Crippen molar-refractivity contribution in [3.8, 4) is 22.9 Å². The molecule has 17 heavy (non-hydrogen) atoms. The summed E-state index contributed by atoms with van der Waals surface area (Å²) in [5.41, 5.74) is 1.33. The van der Waals surface area contributed by atoms with Gasteiger partial charge in [0.2, 0.25) is 0 Å². The van der Waals surface area contributed by atoms with Gasteiger partial charge < -0.3 is 5.11 Å². The molecule has 0 radical (unpaired) electrons. The summed E-state index contributed by atoms with van der Waals surface area (Å²) in [7, 11) is 0. The number of hydrogen-bond donors (Lipinski definition) is 1. The Labute approximate surface area is 103 Å². The van der Waals surface area contributed by atoms with E-state index in [-0.39, 0.29) is 16.3 Å². The van der Waals surface area contributed by atoms with Crippen LogP contribution in [0.1, 0.15) is 5.56 Å². The van der Waals surface area contributed by atoms with Crippen LogP contribution in [0.3, 0.4) is 0 Å². The van der Waals surface area contributed by atoms with Crippen LogP contribution in [-0.4, -0.2) is 5.11 Å². The predicted octanol–water partition coefficient (Wildman–Crippen LogP) is 3.72. The Kier molecular flexibility index (Phi) is 2.99. The van der Waals surface area contributed by atoms with E-state index in [0.29, 0.717) is 11.1 Å². The number of benzene rings is 2. The summed E-state index contributed by atoms with van der Waals surface area (Å²) in [6.07, 6.45) is 0. The molecule has 0 unspecified atom stereocenters. The molecule has 0 aromatic heterocycles. The third-order valence-electron chi connectivity index (χ3n) is 2.31. The Morgan fingerprint density at radius 1 is 1.12 bits per heavy atom. The van der Waals surface area contributed by atoms with Gasteiger partial charge in [0.15, 0.2) is 0 Å². The van der Waals surface area contributed by atoms with Crippen LogP contribution in [0.15, 0.2) is 36.4 Å². The third kappa shape index (κ3) is 2.38. The molecule has 0 atom stereocenters. The Morgan fingerprint density at radius 2 is 1.88 bits per heavy atom. The fraction of sp³-hybridized carbons (Fsp3) is 0. The van der Waals surface area contributed by atoms with Gasteiger partial charge in [-0.15, -0.1) is 0 Å². The largest absolute Gasteiger partial charge is 0.507 e. The van der Waals surface area contributed by atoms with Crippen molar-refractivity contribution in [3.63, 3.8) is 0 Å². The molecule has 0 saturated heterocycles. The molecule has 0 heterocycles. The molecule has 0 aliphatic heterocycles. The van der Waals surface area contributed by atoms with Crippen molar-refractivity contribution < 1.29 is 9.50 Å². The first-order valence-corrected chi connectivity index (χ1v) is 5.17. The standard InChI is InChI=1S/C13H7ClFNO/c14-11-4-9(5-12(15)6-11)8-1-2-13(17)10(3-8)7-16/h1-6,17H. The summed E-state index contributed by atoms with van der Waals surface area (Å²) in [6.45, 7) is 0. The molecule has 0 bridgehead atoms. The minimum atomic E-state index is -0.445. The first-order valence-electron chi connectivity index (χ1n) is 4.80. The lowest BCUT2D eigenvalue weighted by Crippen LogP contribution is -1.83. The monoisotopic (exact) mass is 247 g/mol. The fourth-order valence-corrected chi connectivity index (χ4v) is 1.75. The van der Waals surface area contributed by atoms with Crippen molar-refractivity contribution in [1.29, 1.82) is 5.26 Å². The van der Waals surface area contributed by atoms with Crippen LogP contribution in [0.2, 0.25) is 5.02 Å². The van der Waals surface area contributed by atoms with Crippen molar-refractivity contribution in [3.05, 3.63) is 52.8 Å². The Hall–Kier alpha value is -2.05. The average Bonchev–Trinajstić information content (AvgIpc) is 2.28. The zero-order chi connectivity index (χ0) is 12.4. The minimum Gasteiger partial charge on any atom is -0.507 e. The van der Waals surface area contributed by atoms with Crippen LogP contribution in [-0.2, 0) is 0 Å². The van der Waals surface area contributed by atoms with Crippen molar-refractivity contribution in [2.45, 2.75) is 0 Å². The van der Waals surface area contributed by atoms with E-state index < -0.39 is 5.82 Å². The second-order valence-corrected chi connectivity index (χ2v) is 3.94. The topological polar surface area (TPSA) is 44.0 Å². The van der Waals surface area contributed by atoms with Crippen molar-refractivity contribution in [1.82, 2.24) is 0 Å². The Bertz CT molecular complexity index is 599. The number of hydrogen-bond acceptors (Lipinski definition) is 2. The second kappa shape index (κ2) is 4.44. The van der Waals surface area contributed by atoms with Crippen LogP contribution in [0, 0.1) is 17.1 Å². The van der Waals surface area contributed by atoms with E-state index in [4.69, 9.17) is 16.9 Å². The lowest BCUT2D eigenvalue weighted by molar-refractivity contribution is 0.473. The van der Waals surface area contributed by atoms with Gasteiger partial charge in [0, 0.05) is 5.02 Å². The first-order chi connectivity index (χ1) is 8.10. The predicted molar refractivity (Wildman–Crippen MR) is 63.2 cm³/mol. The lowest BCUT2D eigenvalue weighted by Gasteiger charge is -2.04. The molecule has 1 N–H and O–H groups in total. The Balaban J connectivity index is 2.57. The number of rotatable bonds is 1. The van der Waals surface area contributed by atoms with Crippen LogP contribution in [0.5, 0.6) is 5.75 Å². The maximum absolute atomic E-state index is 13.2. The number of phenols is 1. The number of aromatic hydroxyl groups is 1. The molecular weight excluding hydrogens is 241 g/mol. The molecular formula is C13H7ClFNO. The van der Waals surface area contributed by atoms with E-state index in [1.165, 1.54) is 24.3 Å². The summed E-state index contributed by atoms with van der Waals surface area (Å²) < 4.78 is 13.2. The lowest BCUT2D eigenvalue weighted by atomic mass is 10.0. The van der Waals surface area contributed by atoms with Crippen molar-refractivity contribution >= 4 is 11.6 Å². The van der Waals surface area contributed by atoms with Crippen LogP contribution in [0.25, 0.3) is 11.1 Å². The molecule has 4 heteroatoms. The van der Waals surface area contributed by atoms with E-state index in [0.717, 1.165) is 0 Å². The van der Waals surface area contributed by atoms with Crippen molar-refractivity contribution in [2.24, 2.45) is 0 Å². The molecule has 0 saturated carbocycles. The minimum absolute atomic E-state index is 0.0984. The molecule has 0 fully saturated rings. The zero-order valence-electron chi connectivity index (χ0n) is 8.61. The van der Waals surface area contributed by atoms with E-state index in [1.54, 1.807) is 12.1 Å². The molecule has 0 spiro atoms. The fourth-order valence-electron chi connectivity index (χ4n) is 1.53.